The van der Waals surface area contributed by atoms with Crippen LogP contribution >= 0.6 is 0 Å². The van der Waals surface area contributed by atoms with Crippen LogP contribution in [0.2, 0.25) is 0 Å². The molecule has 1 fully saturated rings. The smallest absolute Gasteiger partial charge is 0.140 e. The minimum absolute atomic E-state index is 0.168. The van der Waals surface area contributed by atoms with Crippen LogP contribution in [0.4, 0.5) is 0 Å². The van der Waals surface area contributed by atoms with E-state index >= 15 is 0 Å². The molecule has 1 aromatic rings. The van der Waals surface area contributed by atoms with Gasteiger partial charge in [0.05, 0.1) is 0 Å². The number of ketones is 1. The van der Waals surface area contributed by atoms with Crippen LogP contribution in [-0.4, -0.2) is 5.78 Å². The second-order valence-electron chi connectivity index (χ2n) is 5.75. The van der Waals surface area contributed by atoms with Gasteiger partial charge in [-0.05, 0) is 42.7 Å². The Hall–Kier alpha value is -1.11. The van der Waals surface area contributed by atoms with E-state index in [-0.39, 0.29) is 5.92 Å². The van der Waals surface area contributed by atoms with Crippen molar-refractivity contribution in [1.29, 1.82) is 0 Å². The molecule has 1 aliphatic rings. The maximum Gasteiger partial charge on any atom is 0.140 e. The molecular formula is C17H24O. The van der Waals surface area contributed by atoms with Crippen molar-refractivity contribution in [3.05, 3.63) is 35.4 Å². The minimum Gasteiger partial charge on any atom is -0.299 e. The summed E-state index contributed by atoms with van der Waals surface area (Å²) in [6.45, 7) is 4.40. The van der Waals surface area contributed by atoms with Crippen molar-refractivity contribution in [2.24, 2.45) is 5.92 Å². The number of Topliss-reactive ketones (excluding diaryl/α,β-unsaturated/α-hetero) is 1. The van der Waals surface area contributed by atoms with Crippen LogP contribution < -0.4 is 0 Å². The van der Waals surface area contributed by atoms with E-state index in [1.54, 1.807) is 0 Å². The third-order valence-corrected chi connectivity index (χ3v) is 4.09. The van der Waals surface area contributed by atoms with E-state index in [2.05, 4.69) is 38.1 Å². The average molecular weight is 244 g/mol. The van der Waals surface area contributed by atoms with Crippen LogP contribution in [0.5, 0.6) is 0 Å². The van der Waals surface area contributed by atoms with E-state index < -0.39 is 0 Å². The van der Waals surface area contributed by atoms with Gasteiger partial charge in [-0.1, -0.05) is 44.5 Å². The summed E-state index contributed by atoms with van der Waals surface area (Å²) in [5, 5.41) is 0. The van der Waals surface area contributed by atoms with Gasteiger partial charge in [0.25, 0.3) is 0 Å². The fraction of sp³-hybridized carbons (Fsp3) is 0.588. The largest absolute Gasteiger partial charge is 0.299 e. The van der Waals surface area contributed by atoms with Crippen LogP contribution in [0.15, 0.2) is 24.3 Å². The zero-order valence-corrected chi connectivity index (χ0v) is 11.6. The number of carbonyl (C=O) groups excluding carboxylic acids is 1. The molecule has 1 nitrogen and oxygen atoms in total. The Balaban J connectivity index is 2.02. The molecule has 2 rings (SSSR count). The molecule has 0 N–H and O–H groups in total. The Morgan fingerprint density at radius 3 is 2.50 bits per heavy atom. The summed E-state index contributed by atoms with van der Waals surface area (Å²) in [7, 11) is 0. The maximum atomic E-state index is 12.1. The second-order valence-corrected chi connectivity index (χ2v) is 5.75. The van der Waals surface area contributed by atoms with Gasteiger partial charge in [0.15, 0.2) is 0 Å². The topological polar surface area (TPSA) is 17.1 Å². The number of hydrogen-bond acceptors (Lipinski definition) is 1. The molecule has 1 saturated carbocycles. The zero-order chi connectivity index (χ0) is 13.0. The third kappa shape index (κ3) is 3.22. The highest BCUT2D eigenvalue weighted by atomic mass is 16.1. The molecule has 1 aromatic carbocycles. The lowest BCUT2D eigenvalue weighted by molar-refractivity contribution is -0.123. The summed E-state index contributed by atoms with van der Waals surface area (Å²) in [6, 6.07) is 8.75. The Morgan fingerprint density at radius 2 is 1.89 bits per heavy atom. The number of rotatable bonds is 4. The number of hydrogen-bond donors (Lipinski definition) is 0. The Labute approximate surface area is 111 Å². The van der Waals surface area contributed by atoms with Gasteiger partial charge in [-0.25, -0.2) is 0 Å². The molecule has 0 aliphatic heterocycles. The highest BCUT2D eigenvalue weighted by Gasteiger charge is 2.27. The summed E-state index contributed by atoms with van der Waals surface area (Å²) in [5.74, 6) is 1.19. The Bertz CT molecular complexity index is 391. The standard InChI is InChI=1S/C17H24O/c1-3-4-5-14-7-9-15(10-8-14)16-11-6-13(2)12-17(16)18/h7-10,13,16H,3-6,11-12H2,1-2H3/t13-,16+/m0/s1. The number of unbranched alkanes of at least 4 members (excludes halogenated alkanes) is 1. The lowest BCUT2D eigenvalue weighted by Gasteiger charge is -2.25. The van der Waals surface area contributed by atoms with E-state index in [1.807, 2.05) is 0 Å². The monoisotopic (exact) mass is 244 g/mol. The molecule has 0 amide bonds. The van der Waals surface area contributed by atoms with Crippen LogP contribution in [0.1, 0.15) is 63.0 Å². The number of aryl methyl sites for hydroxylation is 1. The van der Waals surface area contributed by atoms with Crippen molar-refractivity contribution in [3.63, 3.8) is 0 Å². The molecule has 1 heteroatoms. The summed E-state index contributed by atoms with van der Waals surface area (Å²) in [4.78, 5) is 12.1. The lowest BCUT2D eigenvalue weighted by Crippen LogP contribution is -2.21. The molecule has 1 aliphatic carbocycles. The van der Waals surface area contributed by atoms with E-state index in [9.17, 15) is 4.79 Å². The second kappa shape index (κ2) is 6.17. The van der Waals surface area contributed by atoms with Crippen molar-refractivity contribution in [2.45, 2.75) is 58.3 Å². The van der Waals surface area contributed by atoms with Gasteiger partial charge >= 0.3 is 0 Å². The van der Waals surface area contributed by atoms with E-state index in [1.165, 1.54) is 30.4 Å². The SMILES string of the molecule is CCCCc1ccc([C@H]2CC[C@H](C)CC2=O)cc1. The van der Waals surface area contributed by atoms with Gasteiger partial charge in [0.1, 0.15) is 5.78 Å². The van der Waals surface area contributed by atoms with Crippen molar-refractivity contribution in [1.82, 2.24) is 0 Å². The van der Waals surface area contributed by atoms with Gasteiger partial charge in [0.2, 0.25) is 0 Å². The van der Waals surface area contributed by atoms with Crippen molar-refractivity contribution < 1.29 is 4.79 Å². The highest BCUT2D eigenvalue weighted by molar-refractivity contribution is 5.86. The van der Waals surface area contributed by atoms with Gasteiger partial charge in [0, 0.05) is 12.3 Å². The first-order valence-electron chi connectivity index (χ1n) is 7.32. The highest BCUT2D eigenvalue weighted by Crippen LogP contribution is 2.32. The minimum atomic E-state index is 0.168. The molecule has 0 radical (unpaired) electrons. The van der Waals surface area contributed by atoms with Gasteiger partial charge in [-0.2, -0.15) is 0 Å². The maximum absolute atomic E-state index is 12.1. The Kier molecular flexibility index (Phi) is 4.57. The average Bonchev–Trinajstić information content (AvgIpc) is 2.37. The normalized spacial score (nSPS) is 24.2. The predicted molar refractivity (Wildman–Crippen MR) is 75.8 cm³/mol. The molecule has 0 heterocycles. The molecule has 0 saturated heterocycles. The van der Waals surface area contributed by atoms with Crippen molar-refractivity contribution in [3.8, 4) is 0 Å². The van der Waals surface area contributed by atoms with Crippen LogP contribution in [0, 0.1) is 5.92 Å². The third-order valence-electron chi connectivity index (χ3n) is 4.09. The predicted octanol–water partition coefficient (Wildman–Crippen LogP) is 4.50. The molecule has 0 bridgehead atoms. The van der Waals surface area contributed by atoms with Crippen LogP contribution in [-0.2, 0) is 11.2 Å². The van der Waals surface area contributed by atoms with E-state index in [0.29, 0.717) is 11.7 Å². The van der Waals surface area contributed by atoms with Gasteiger partial charge in [-0.15, -0.1) is 0 Å². The van der Waals surface area contributed by atoms with Gasteiger partial charge < -0.3 is 0 Å². The molecule has 0 aromatic heterocycles. The molecule has 18 heavy (non-hydrogen) atoms. The van der Waals surface area contributed by atoms with Crippen LogP contribution in [0.3, 0.4) is 0 Å². The summed E-state index contributed by atoms with van der Waals surface area (Å²) >= 11 is 0. The van der Waals surface area contributed by atoms with Crippen molar-refractivity contribution in [2.75, 3.05) is 0 Å². The fourth-order valence-corrected chi connectivity index (χ4v) is 2.85. The molecular weight excluding hydrogens is 220 g/mol. The van der Waals surface area contributed by atoms with Gasteiger partial charge in [-0.3, -0.25) is 4.79 Å². The first kappa shape index (κ1) is 13.3. The fourth-order valence-electron chi connectivity index (χ4n) is 2.85. The van der Waals surface area contributed by atoms with Crippen molar-refractivity contribution >= 4 is 5.78 Å². The zero-order valence-electron chi connectivity index (χ0n) is 11.6. The number of benzene rings is 1. The van der Waals surface area contributed by atoms with E-state index in [0.717, 1.165) is 19.3 Å². The summed E-state index contributed by atoms with van der Waals surface area (Å²) in [5.41, 5.74) is 2.63. The van der Waals surface area contributed by atoms with Crippen LogP contribution in [0.25, 0.3) is 0 Å². The first-order valence-corrected chi connectivity index (χ1v) is 7.32. The Morgan fingerprint density at radius 1 is 1.17 bits per heavy atom. The molecule has 0 unspecified atom stereocenters. The number of carbonyl (C=O) groups is 1. The summed E-state index contributed by atoms with van der Waals surface area (Å²) < 4.78 is 0. The molecule has 98 valence electrons. The molecule has 0 spiro atoms. The quantitative estimate of drug-likeness (QED) is 0.762. The first-order chi connectivity index (χ1) is 8.70. The van der Waals surface area contributed by atoms with E-state index in [4.69, 9.17) is 0 Å². The summed E-state index contributed by atoms with van der Waals surface area (Å²) in [6.07, 6.45) is 6.64. The lowest BCUT2D eigenvalue weighted by atomic mass is 9.78. The molecule has 2 atom stereocenters.